The number of nitriles is 2. The van der Waals surface area contributed by atoms with Crippen molar-refractivity contribution in [2.24, 2.45) is 5.92 Å². The average Bonchev–Trinajstić information content (AvgIpc) is 3.80. The average molecular weight is 783 g/mol. The first-order chi connectivity index (χ1) is 22.6. The minimum absolute atomic E-state index is 0. The number of aliphatic hydroxyl groups is 4. The van der Waals surface area contributed by atoms with E-state index in [9.17, 15) is 30.9 Å². The Bertz CT molecular complexity index is 1280. The Labute approximate surface area is 300 Å². The molecule has 2 unspecified atom stereocenters. The van der Waals surface area contributed by atoms with E-state index in [4.69, 9.17) is 18.9 Å². The van der Waals surface area contributed by atoms with Gasteiger partial charge in [0.15, 0.2) is 12.6 Å². The van der Waals surface area contributed by atoms with Crippen LogP contribution in [-0.2, 0) is 50.8 Å². The first-order valence-electron chi connectivity index (χ1n) is 16.2. The van der Waals surface area contributed by atoms with Crippen LogP contribution in [0.25, 0.3) is 0 Å². The van der Waals surface area contributed by atoms with Crippen molar-refractivity contribution in [2.45, 2.75) is 115 Å². The molecule has 10 nitrogen and oxygen atoms in total. The molecule has 4 rings (SSSR count). The smallest absolute Gasteiger partial charge is 0.157 e. The lowest BCUT2D eigenvalue weighted by Crippen LogP contribution is -2.32. The van der Waals surface area contributed by atoms with Crippen LogP contribution in [0.15, 0.2) is 36.4 Å². The SMILES string of the molecule is C.CC(C)C(C#N)(CCC1OCCO1)c1ccc(CO)c(CO)c1.CC(C)I.N#CC(CCC1OCCO1)c1ccc(CO)c(CO)c1. The fourth-order valence-corrected chi connectivity index (χ4v) is 5.49. The van der Waals surface area contributed by atoms with E-state index in [1.165, 1.54) is 0 Å². The van der Waals surface area contributed by atoms with Crippen LogP contribution in [0.5, 0.6) is 0 Å². The molecule has 2 atom stereocenters. The zero-order valence-corrected chi connectivity index (χ0v) is 30.2. The summed E-state index contributed by atoms with van der Waals surface area (Å²) in [5.41, 5.74) is 3.76. The van der Waals surface area contributed by atoms with Crippen molar-refractivity contribution < 1.29 is 39.4 Å². The predicted molar refractivity (Wildman–Crippen MR) is 193 cm³/mol. The second kappa shape index (κ2) is 23.3. The third kappa shape index (κ3) is 13.3. The monoisotopic (exact) mass is 782 g/mol. The molecular weight excluding hydrogens is 727 g/mol. The molecule has 0 spiro atoms. The molecular formula is C37H55IN2O8. The van der Waals surface area contributed by atoms with Crippen LogP contribution in [0.3, 0.4) is 0 Å². The fourth-order valence-electron chi connectivity index (χ4n) is 5.49. The van der Waals surface area contributed by atoms with Gasteiger partial charge in [-0.3, -0.25) is 0 Å². The summed E-state index contributed by atoms with van der Waals surface area (Å²) in [5.74, 6) is -0.165. The van der Waals surface area contributed by atoms with Gasteiger partial charge in [0.1, 0.15) is 0 Å². The van der Waals surface area contributed by atoms with Crippen molar-refractivity contribution >= 4 is 22.6 Å². The molecule has 268 valence electrons. The number of aliphatic hydroxyl groups excluding tert-OH is 4. The highest BCUT2D eigenvalue weighted by atomic mass is 127. The van der Waals surface area contributed by atoms with E-state index in [-0.39, 0.29) is 58.3 Å². The molecule has 2 saturated heterocycles. The topological polar surface area (TPSA) is 165 Å². The van der Waals surface area contributed by atoms with Crippen molar-refractivity contribution in [2.75, 3.05) is 26.4 Å². The molecule has 0 aromatic heterocycles. The molecule has 2 heterocycles. The molecule has 2 aliphatic heterocycles. The molecule has 2 aromatic carbocycles. The van der Waals surface area contributed by atoms with E-state index in [1.54, 1.807) is 18.2 Å². The summed E-state index contributed by atoms with van der Waals surface area (Å²) >= 11 is 2.34. The Balaban J connectivity index is 0.000000427. The molecule has 0 radical (unpaired) electrons. The lowest BCUT2D eigenvalue weighted by Gasteiger charge is -2.32. The van der Waals surface area contributed by atoms with Crippen LogP contribution >= 0.6 is 22.6 Å². The number of hydrogen-bond donors (Lipinski definition) is 4. The van der Waals surface area contributed by atoms with Gasteiger partial charge in [-0.05, 0) is 58.6 Å². The maximum Gasteiger partial charge on any atom is 0.157 e. The van der Waals surface area contributed by atoms with Gasteiger partial charge in [-0.2, -0.15) is 10.5 Å². The van der Waals surface area contributed by atoms with Crippen LogP contribution in [0.4, 0.5) is 0 Å². The third-order valence-electron chi connectivity index (χ3n) is 8.22. The zero-order chi connectivity index (χ0) is 34.8. The quantitative estimate of drug-likeness (QED) is 0.137. The number of rotatable bonds is 13. The maximum absolute atomic E-state index is 9.92. The number of nitrogens with zero attached hydrogens (tertiary/aromatic N) is 2. The van der Waals surface area contributed by atoms with E-state index >= 15 is 0 Å². The summed E-state index contributed by atoms with van der Waals surface area (Å²) in [7, 11) is 0. The molecule has 11 heteroatoms. The lowest BCUT2D eigenvalue weighted by atomic mass is 9.69. The van der Waals surface area contributed by atoms with Crippen molar-refractivity contribution in [1.29, 1.82) is 10.5 Å². The van der Waals surface area contributed by atoms with Gasteiger partial charge in [-0.25, -0.2) is 0 Å². The number of halogens is 1. The highest BCUT2D eigenvalue weighted by Gasteiger charge is 2.37. The van der Waals surface area contributed by atoms with E-state index < -0.39 is 5.41 Å². The van der Waals surface area contributed by atoms with E-state index in [0.29, 0.717) is 74.4 Å². The van der Waals surface area contributed by atoms with Crippen LogP contribution in [0.1, 0.15) is 100 Å². The summed E-state index contributed by atoms with van der Waals surface area (Å²) in [4.78, 5) is 0. The minimum Gasteiger partial charge on any atom is -0.392 e. The largest absolute Gasteiger partial charge is 0.392 e. The number of benzene rings is 2. The molecule has 2 aromatic rings. The molecule has 0 aliphatic carbocycles. The molecule has 2 aliphatic rings. The van der Waals surface area contributed by atoms with Gasteiger partial charge in [0.25, 0.3) is 0 Å². The first-order valence-corrected chi connectivity index (χ1v) is 17.4. The molecule has 2 fully saturated rings. The van der Waals surface area contributed by atoms with Gasteiger partial charge in [0.05, 0.1) is 76.3 Å². The molecule has 0 saturated carbocycles. The maximum atomic E-state index is 9.92. The van der Waals surface area contributed by atoms with Crippen LogP contribution in [0.2, 0.25) is 0 Å². The van der Waals surface area contributed by atoms with Crippen molar-refractivity contribution in [3.8, 4) is 12.1 Å². The Morgan fingerprint density at radius 1 is 0.750 bits per heavy atom. The first kappa shape index (κ1) is 43.9. The molecule has 0 amide bonds. The number of ether oxygens (including phenoxy) is 4. The second-order valence-electron chi connectivity index (χ2n) is 12.0. The van der Waals surface area contributed by atoms with Crippen molar-refractivity contribution in [3.63, 3.8) is 0 Å². The standard InChI is InChI=1S/C18H25NO4.C15H19NO4.C3H7I.CH4/c1-13(2)18(12-19,6-5-17-22-7-8-23-17)16-4-3-14(10-20)15(9-16)11-21;16-8-12(3-4-15-19-5-6-20-15)11-1-2-13(9-17)14(7-11)10-18;1-3(2)4;/h3-4,9,13,17,20-21H,5-8,10-11H2,1-2H3;1-2,7,12,15,17-18H,3-6,9-10H2;3H,1-2H3;1H4. The van der Waals surface area contributed by atoms with Gasteiger partial charge in [0.2, 0.25) is 0 Å². The summed E-state index contributed by atoms with van der Waals surface area (Å²) in [6.45, 7) is 10.3. The van der Waals surface area contributed by atoms with Gasteiger partial charge >= 0.3 is 0 Å². The molecule has 4 N–H and O–H groups in total. The van der Waals surface area contributed by atoms with E-state index in [2.05, 4.69) is 48.6 Å². The van der Waals surface area contributed by atoms with Gasteiger partial charge in [0, 0.05) is 10.3 Å². The van der Waals surface area contributed by atoms with Gasteiger partial charge in [-0.1, -0.05) is 94.1 Å². The van der Waals surface area contributed by atoms with E-state index in [1.807, 2.05) is 32.0 Å². The Kier molecular flexibility index (Phi) is 21.3. The summed E-state index contributed by atoms with van der Waals surface area (Å²) in [6, 6.07) is 15.6. The molecule has 0 bridgehead atoms. The van der Waals surface area contributed by atoms with Crippen LogP contribution in [-0.4, -0.2) is 63.4 Å². The van der Waals surface area contributed by atoms with Gasteiger partial charge < -0.3 is 39.4 Å². The highest BCUT2D eigenvalue weighted by Crippen LogP contribution is 2.38. The Hall–Kier alpha value is -2.17. The minimum atomic E-state index is -0.673. The number of alkyl halides is 1. The summed E-state index contributed by atoms with van der Waals surface area (Å²) in [5, 5.41) is 56.6. The predicted octanol–water partition coefficient (Wildman–Crippen LogP) is 6.14. The fraction of sp³-hybridized carbons (Fsp3) is 0.622. The van der Waals surface area contributed by atoms with Crippen molar-refractivity contribution in [1.82, 2.24) is 0 Å². The lowest BCUT2D eigenvalue weighted by molar-refractivity contribution is -0.0510. The van der Waals surface area contributed by atoms with Gasteiger partial charge in [-0.15, -0.1) is 0 Å². The number of hydrogen-bond acceptors (Lipinski definition) is 10. The third-order valence-corrected chi connectivity index (χ3v) is 8.22. The van der Waals surface area contributed by atoms with Crippen LogP contribution in [0, 0.1) is 28.6 Å². The Morgan fingerprint density at radius 2 is 1.21 bits per heavy atom. The van der Waals surface area contributed by atoms with Crippen molar-refractivity contribution in [3.05, 3.63) is 69.8 Å². The van der Waals surface area contributed by atoms with Crippen LogP contribution < -0.4 is 0 Å². The van der Waals surface area contributed by atoms with E-state index in [0.717, 1.165) is 15.1 Å². The Morgan fingerprint density at radius 3 is 1.65 bits per heavy atom. The molecule has 48 heavy (non-hydrogen) atoms. The summed E-state index contributed by atoms with van der Waals surface area (Å²) in [6.07, 6.45) is 2.14. The highest BCUT2D eigenvalue weighted by molar-refractivity contribution is 14.1. The zero-order valence-electron chi connectivity index (χ0n) is 28.0. The normalized spacial score (nSPS) is 16.5. The second-order valence-corrected chi connectivity index (χ2v) is 14.5. The summed E-state index contributed by atoms with van der Waals surface area (Å²) < 4.78 is 22.5.